The van der Waals surface area contributed by atoms with E-state index in [1.54, 1.807) is 0 Å². The van der Waals surface area contributed by atoms with Crippen LogP contribution in [0.1, 0.15) is 90.2 Å². The van der Waals surface area contributed by atoms with Gasteiger partial charge in [-0.05, 0) is 116 Å². The van der Waals surface area contributed by atoms with E-state index in [1.807, 2.05) is 12.1 Å². The van der Waals surface area contributed by atoms with Gasteiger partial charge in [0.15, 0.2) is 6.61 Å². The van der Waals surface area contributed by atoms with Crippen LogP contribution in [-0.2, 0) is 27.2 Å². The summed E-state index contributed by atoms with van der Waals surface area (Å²) in [7, 11) is 0. The van der Waals surface area contributed by atoms with Crippen LogP contribution < -0.4 is 4.74 Å². The molecule has 2 saturated carbocycles. The second-order valence-electron chi connectivity index (χ2n) is 13.9. The number of ether oxygens (including phenoxy) is 2. The molecule has 0 radical (unpaired) electrons. The number of carboxylic acids is 1. The molecule has 7 nitrogen and oxygen atoms in total. The average Bonchev–Trinajstić information content (AvgIpc) is 3.20. The van der Waals surface area contributed by atoms with Crippen LogP contribution in [0.2, 0.25) is 0 Å². The van der Waals surface area contributed by atoms with E-state index < -0.39 is 11.9 Å². The largest absolute Gasteiger partial charge is 0.482 e. The second-order valence-corrected chi connectivity index (χ2v) is 13.9. The Bertz CT molecular complexity index is 1010. The Morgan fingerprint density at radius 2 is 1.82 bits per heavy atom. The maximum absolute atomic E-state index is 12.4. The van der Waals surface area contributed by atoms with Gasteiger partial charge in [0, 0.05) is 0 Å². The highest BCUT2D eigenvalue weighted by Crippen LogP contribution is 2.49. The molecule has 1 aromatic rings. The summed E-state index contributed by atoms with van der Waals surface area (Å²) in [5, 5.41) is 31.1. The molecule has 40 heavy (non-hydrogen) atoms. The molecular formula is C33H50O7. The maximum atomic E-state index is 12.4. The summed E-state index contributed by atoms with van der Waals surface area (Å²) in [4.78, 5) is 23.6. The number of aliphatic hydroxyl groups is 2. The van der Waals surface area contributed by atoms with Crippen LogP contribution in [-0.4, -0.2) is 52.7 Å². The van der Waals surface area contributed by atoms with Crippen LogP contribution in [0.25, 0.3) is 0 Å². The van der Waals surface area contributed by atoms with Crippen LogP contribution in [0.15, 0.2) is 18.2 Å². The Balaban J connectivity index is 1.28. The Morgan fingerprint density at radius 3 is 2.50 bits per heavy atom. The van der Waals surface area contributed by atoms with Crippen molar-refractivity contribution in [3.63, 3.8) is 0 Å². The molecule has 5 atom stereocenters. The van der Waals surface area contributed by atoms with E-state index in [1.165, 1.54) is 5.56 Å². The fraction of sp³-hybridized carbons (Fsp3) is 0.758. The predicted octanol–water partition coefficient (Wildman–Crippen LogP) is 5.42. The van der Waals surface area contributed by atoms with Gasteiger partial charge in [-0.15, -0.1) is 0 Å². The summed E-state index contributed by atoms with van der Waals surface area (Å²) in [6.45, 7) is 8.84. The van der Waals surface area contributed by atoms with Gasteiger partial charge >= 0.3 is 11.9 Å². The molecule has 0 aliphatic heterocycles. The van der Waals surface area contributed by atoms with E-state index in [4.69, 9.17) is 14.6 Å². The van der Waals surface area contributed by atoms with Crippen molar-refractivity contribution < 1.29 is 34.4 Å². The Kier molecular flexibility index (Phi) is 10.2. The zero-order chi connectivity index (χ0) is 29.0. The SMILES string of the molecule is CC(C)CC(C)(C)[C@H](O)CC[C@@H]1[C@H]2Cc3cccc(OCC(=O)OCC4CCC(C(=O)O)CC4)c3C[C@H]2C[C@H]1O. The lowest BCUT2D eigenvalue weighted by molar-refractivity contribution is -0.149. The smallest absolute Gasteiger partial charge is 0.344 e. The molecule has 7 heteroatoms. The van der Waals surface area contributed by atoms with Gasteiger partial charge in [-0.2, -0.15) is 0 Å². The van der Waals surface area contributed by atoms with Crippen molar-refractivity contribution in [2.45, 2.75) is 104 Å². The van der Waals surface area contributed by atoms with Crippen molar-refractivity contribution in [3.8, 4) is 5.75 Å². The third-order valence-corrected chi connectivity index (χ3v) is 9.98. The minimum Gasteiger partial charge on any atom is -0.482 e. The van der Waals surface area contributed by atoms with Gasteiger partial charge in [0.1, 0.15) is 5.75 Å². The maximum Gasteiger partial charge on any atom is 0.344 e. The summed E-state index contributed by atoms with van der Waals surface area (Å²) in [5.41, 5.74) is 2.22. The number of hydrogen-bond donors (Lipinski definition) is 3. The van der Waals surface area contributed by atoms with E-state index in [0.717, 1.165) is 56.3 Å². The van der Waals surface area contributed by atoms with Crippen molar-refractivity contribution in [1.29, 1.82) is 0 Å². The highest BCUT2D eigenvalue weighted by Gasteiger charge is 2.45. The number of benzene rings is 1. The first-order chi connectivity index (χ1) is 18.9. The lowest BCUT2D eigenvalue weighted by Gasteiger charge is -2.35. The number of aliphatic hydroxyl groups excluding tert-OH is 2. The Labute approximate surface area is 239 Å². The summed E-state index contributed by atoms with van der Waals surface area (Å²) in [6, 6.07) is 6.02. The molecule has 0 aromatic heterocycles. The molecule has 0 heterocycles. The zero-order valence-corrected chi connectivity index (χ0v) is 24.8. The van der Waals surface area contributed by atoms with Crippen LogP contribution in [0, 0.1) is 40.9 Å². The Morgan fingerprint density at radius 1 is 1.10 bits per heavy atom. The third kappa shape index (κ3) is 7.58. The minimum absolute atomic E-state index is 0.135. The number of rotatable bonds is 12. The van der Waals surface area contributed by atoms with E-state index in [2.05, 4.69) is 33.8 Å². The second kappa shape index (κ2) is 13.2. The molecule has 0 amide bonds. The monoisotopic (exact) mass is 558 g/mol. The van der Waals surface area contributed by atoms with Crippen molar-refractivity contribution >= 4 is 11.9 Å². The highest BCUT2D eigenvalue weighted by atomic mass is 16.6. The molecule has 3 aliphatic carbocycles. The first-order valence-corrected chi connectivity index (χ1v) is 15.4. The van der Waals surface area contributed by atoms with Crippen molar-refractivity contribution in [3.05, 3.63) is 29.3 Å². The van der Waals surface area contributed by atoms with Crippen LogP contribution >= 0.6 is 0 Å². The van der Waals surface area contributed by atoms with Gasteiger partial charge in [-0.1, -0.05) is 39.8 Å². The van der Waals surface area contributed by atoms with Crippen molar-refractivity contribution in [2.24, 2.45) is 40.9 Å². The number of carbonyl (C=O) groups is 2. The third-order valence-electron chi connectivity index (χ3n) is 9.98. The van der Waals surface area contributed by atoms with Crippen molar-refractivity contribution in [1.82, 2.24) is 0 Å². The first-order valence-electron chi connectivity index (χ1n) is 15.4. The summed E-state index contributed by atoms with van der Waals surface area (Å²) < 4.78 is 11.4. The topological polar surface area (TPSA) is 113 Å². The van der Waals surface area contributed by atoms with Gasteiger partial charge in [-0.3, -0.25) is 4.79 Å². The number of hydrogen-bond acceptors (Lipinski definition) is 6. The quantitative estimate of drug-likeness (QED) is 0.293. The lowest BCUT2D eigenvalue weighted by Crippen LogP contribution is -2.33. The van der Waals surface area contributed by atoms with E-state index in [9.17, 15) is 19.8 Å². The predicted molar refractivity (Wildman–Crippen MR) is 153 cm³/mol. The molecule has 0 unspecified atom stereocenters. The number of esters is 1. The summed E-state index contributed by atoms with van der Waals surface area (Å²) in [6.07, 6.45) is 7.07. The van der Waals surface area contributed by atoms with Gasteiger partial charge in [-0.25, -0.2) is 4.79 Å². The summed E-state index contributed by atoms with van der Waals surface area (Å²) in [5.74, 6) is 1.00. The molecule has 3 aliphatic rings. The van der Waals surface area contributed by atoms with Gasteiger partial charge in [0.25, 0.3) is 0 Å². The van der Waals surface area contributed by atoms with E-state index in [-0.39, 0.29) is 42.0 Å². The van der Waals surface area contributed by atoms with Crippen LogP contribution in [0.5, 0.6) is 5.75 Å². The normalized spacial score (nSPS) is 29.0. The first kappa shape index (κ1) is 30.8. The Hall–Kier alpha value is -2.12. The fourth-order valence-corrected chi connectivity index (χ4v) is 7.83. The molecular weight excluding hydrogens is 508 g/mol. The lowest BCUT2D eigenvalue weighted by atomic mass is 9.72. The highest BCUT2D eigenvalue weighted by molar-refractivity contribution is 5.71. The van der Waals surface area contributed by atoms with Gasteiger partial charge in [0.05, 0.1) is 24.7 Å². The van der Waals surface area contributed by atoms with Crippen molar-refractivity contribution in [2.75, 3.05) is 13.2 Å². The van der Waals surface area contributed by atoms with E-state index in [0.29, 0.717) is 43.6 Å². The molecule has 2 fully saturated rings. The summed E-state index contributed by atoms with van der Waals surface area (Å²) >= 11 is 0. The number of fused-ring (bicyclic) bond motifs is 2. The fourth-order valence-electron chi connectivity index (χ4n) is 7.83. The minimum atomic E-state index is -0.732. The molecule has 1 aromatic carbocycles. The standard InChI is InChI=1S/C33H50O7/c1-20(2)17-33(3,4)30(35)13-12-25-26-14-23-6-5-7-29(27(23)15-24(26)16-28(25)34)39-19-31(36)40-18-21-8-10-22(11-9-21)32(37)38/h5-7,20-22,24-26,28,30,34-35H,8-19H2,1-4H3,(H,37,38)/t21?,22?,24-,25+,26-,28+,30+/m0/s1. The van der Waals surface area contributed by atoms with Crippen LogP contribution in [0.4, 0.5) is 0 Å². The average molecular weight is 559 g/mol. The van der Waals surface area contributed by atoms with Crippen LogP contribution in [0.3, 0.4) is 0 Å². The molecule has 3 N–H and O–H groups in total. The number of carboxylic acid groups (broad SMARTS) is 1. The molecule has 224 valence electrons. The molecule has 0 bridgehead atoms. The molecule has 0 saturated heterocycles. The van der Waals surface area contributed by atoms with Gasteiger partial charge in [0.2, 0.25) is 0 Å². The van der Waals surface area contributed by atoms with E-state index >= 15 is 0 Å². The molecule has 0 spiro atoms. The number of carbonyl (C=O) groups excluding carboxylic acids is 1. The molecule has 4 rings (SSSR count). The number of aliphatic carboxylic acids is 1. The zero-order valence-electron chi connectivity index (χ0n) is 24.8. The van der Waals surface area contributed by atoms with Gasteiger partial charge < -0.3 is 24.8 Å².